The zero-order valence-corrected chi connectivity index (χ0v) is 16.6. The zero-order valence-electron chi connectivity index (χ0n) is 15.8. The third kappa shape index (κ3) is 3.64. The number of para-hydroxylation sites is 1. The summed E-state index contributed by atoms with van der Waals surface area (Å²) < 4.78 is 2.85. The van der Waals surface area contributed by atoms with Gasteiger partial charge in [0.1, 0.15) is 5.69 Å². The van der Waals surface area contributed by atoms with Crippen LogP contribution >= 0.6 is 11.3 Å². The van der Waals surface area contributed by atoms with Crippen molar-refractivity contribution in [3.63, 3.8) is 0 Å². The van der Waals surface area contributed by atoms with Crippen LogP contribution in [0.15, 0.2) is 30.5 Å². The van der Waals surface area contributed by atoms with Crippen LogP contribution in [-0.2, 0) is 13.0 Å². The van der Waals surface area contributed by atoms with Gasteiger partial charge in [-0.1, -0.05) is 30.4 Å². The van der Waals surface area contributed by atoms with Crippen molar-refractivity contribution in [1.29, 1.82) is 0 Å². The van der Waals surface area contributed by atoms with Gasteiger partial charge < -0.3 is 4.90 Å². The highest BCUT2D eigenvalue weighted by Gasteiger charge is 2.24. The Hall–Kier alpha value is -2.25. The second-order valence-electron chi connectivity index (χ2n) is 6.41. The van der Waals surface area contributed by atoms with Crippen molar-refractivity contribution >= 4 is 32.6 Å². The maximum Gasteiger partial charge on any atom is 0.278 e. The second-order valence-corrected chi connectivity index (χ2v) is 7.42. The lowest BCUT2D eigenvalue weighted by atomic mass is 10.1. The van der Waals surface area contributed by atoms with E-state index in [9.17, 15) is 4.79 Å². The van der Waals surface area contributed by atoms with Gasteiger partial charge in [0, 0.05) is 25.8 Å². The van der Waals surface area contributed by atoms with Gasteiger partial charge in [-0.25, -0.2) is 4.98 Å². The van der Waals surface area contributed by atoms with E-state index in [2.05, 4.69) is 35.1 Å². The minimum atomic E-state index is -0.0525. The molecule has 2 heterocycles. The van der Waals surface area contributed by atoms with E-state index < -0.39 is 0 Å². The molecular weight excluding hydrogens is 346 g/mol. The fourth-order valence-corrected chi connectivity index (χ4v) is 3.92. The number of hydrogen-bond donors (Lipinski definition) is 0. The molecule has 3 aromatic rings. The first-order valence-electron chi connectivity index (χ1n) is 8.92. The third-order valence-electron chi connectivity index (χ3n) is 4.35. The molecule has 2 aromatic heterocycles. The Kier molecular flexibility index (Phi) is 5.68. The van der Waals surface area contributed by atoms with Crippen LogP contribution in [0.3, 0.4) is 0 Å². The minimum Gasteiger partial charge on any atom is -0.308 e. The van der Waals surface area contributed by atoms with E-state index in [1.165, 1.54) is 5.56 Å². The lowest BCUT2D eigenvalue weighted by molar-refractivity contribution is 0.0975. The number of thiazole rings is 1. The molecule has 0 saturated heterocycles. The highest BCUT2D eigenvalue weighted by atomic mass is 32.1. The monoisotopic (exact) mass is 371 g/mol. The normalized spacial score (nSPS) is 11.4. The molecular formula is C19H25N5OS. The van der Waals surface area contributed by atoms with E-state index >= 15 is 0 Å². The number of amides is 1. The molecule has 3 rings (SSSR count). The quantitative estimate of drug-likeness (QED) is 0.640. The lowest BCUT2D eigenvalue weighted by Crippen LogP contribution is -2.37. The summed E-state index contributed by atoms with van der Waals surface area (Å²) in [6.45, 7) is 6.13. The van der Waals surface area contributed by atoms with Crippen molar-refractivity contribution in [2.75, 3.05) is 32.1 Å². The molecule has 0 aliphatic heterocycles. The predicted octanol–water partition coefficient (Wildman–Crippen LogP) is 3.28. The Bertz CT molecular complexity index is 898. The minimum absolute atomic E-state index is 0.0525. The van der Waals surface area contributed by atoms with Gasteiger partial charge in [0.05, 0.1) is 10.2 Å². The van der Waals surface area contributed by atoms with E-state index in [0.717, 1.165) is 28.3 Å². The van der Waals surface area contributed by atoms with Crippen LogP contribution in [0.2, 0.25) is 0 Å². The molecule has 1 aromatic carbocycles. The maximum absolute atomic E-state index is 13.2. The molecule has 1 amide bonds. The zero-order chi connectivity index (χ0) is 18.7. The van der Waals surface area contributed by atoms with E-state index in [4.69, 9.17) is 4.98 Å². The number of benzene rings is 1. The summed E-state index contributed by atoms with van der Waals surface area (Å²) in [5, 5.41) is 4.99. The second kappa shape index (κ2) is 7.97. The molecule has 7 heteroatoms. The predicted molar refractivity (Wildman–Crippen MR) is 107 cm³/mol. The molecule has 6 nitrogen and oxygen atoms in total. The fraction of sp³-hybridized carbons (Fsp3) is 0.421. The summed E-state index contributed by atoms with van der Waals surface area (Å²) >= 11 is 1.57. The highest BCUT2D eigenvalue weighted by Crippen LogP contribution is 2.31. The van der Waals surface area contributed by atoms with Gasteiger partial charge in [0.2, 0.25) is 0 Å². The number of likely N-dealkylation sites (N-methyl/N-ethyl adjacent to an activating group) is 1. The van der Waals surface area contributed by atoms with Gasteiger partial charge in [0.15, 0.2) is 5.13 Å². The molecule has 0 spiro atoms. The van der Waals surface area contributed by atoms with Crippen molar-refractivity contribution in [3.05, 3.63) is 41.7 Å². The SMILES string of the molecule is CCc1cccc2sc(N(CCN(C)C)C(=O)c3ccnn3CC)nc12. The lowest BCUT2D eigenvalue weighted by Gasteiger charge is -2.22. The Morgan fingerprint density at radius 2 is 2.00 bits per heavy atom. The number of carbonyl (C=O) groups excluding carboxylic acids is 1. The maximum atomic E-state index is 13.2. The van der Waals surface area contributed by atoms with Crippen molar-refractivity contribution in [3.8, 4) is 0 Å². The van der Waals surface area contributed by atoms with Crippen LogP contribution in [0.1, 0.15) is 29.9 Å². The first kappa shape index (κ1) is 18.5. The first-order valence-corrected chi connectivity index (χ1v) is 9.73. The van der Waals surface area contributed by atoms with E-state index in [1.54, 1.807) is 33.2 Å². The number of anilines is 1. The summed E-state index contributed by atoms with van der Waals surface area (Å²) in [6.07, 6.45) is 2.60. The number of rotatable bonds is 7. The molecule has 0 fully saturated rings. The number of fused-ring (bicyclic) bond motifs is 1. The number of hydrogen-bond acceptors (Lipinski definition) is 5. The van der Waals surface area contributed by atoms with Crippen LogP contribution < -0.4 is 4.90 Å². The summed E-state index contributed by atoms with van der Waals surface area (Å²) in [5.74, 6) is -0.0525. The number of nitrogens with zero attached hydrogens (tertiary/aromatic N) is 5. The summed E-state index contributed by atoms with van der Waals surface area (Å²) in [7, 11) is 4.01. The van der Waals surface area contributed by atoms with Gasteiger partial charge in [-0.3, -0.25) is 14.4 Å². The Balaban J connectivity index is 2.02. The number of carbonyl (C=O) groups is 1. The Morgan fingerprint density at radius 1 is 1.19 bits per heavy atom. The Morgan fingerprint density at radius 3 is 2.69 bits per heavy atom. The van der Waals surface area contributed by atoms with Crippen LogP contribution in [0.25, 0.3) is 10.2 Å². The number of aromatic nitrogens is 3. The van der Waals surface area contributed by atoms with Crippen LogP contribution in [0.5, 0.6) is 0 Å². The molecule has 0 aliphatic rings. The van der Waals surface area contributed by atoms with Crippen molar-refractivity contribution in [2.45, 2.75) is 26.8 Å². The van der Waals surface area contributed by atoms with E-state index in [1.807, 2.05) is 21.0 Å². The van der Waals surface area contributed by atoms with Gasteiger partial charge in [0.25, 0.3) is 5.91 Å². The standard InChI is InChI=1S/C19H25N5OS/c1-5-14-8-7-9-16-17(14)21-19(26-16)23(13-12-22(3)4)18(25)15-10-11-20-24(15)6-2/h7-11H,5-6,12-13H2,1-4H3. The largest absolute Gasteiger partial charge is 0.308 e. The number of aryl methyl sites for hydroxylation is 2. The highest BCUT2D eigenvalue weighted by molar-refractivity contribution is 7.22. The van der Waals surface area contributed by atoms with Crippen molar-refractivity contribution in [1.82, 2.24) is 19.7 Å². The van der Waals surface area contributed by atoms with Gasteiger partial charge in [-0.2, -0.15) is 5.10 Å². The van der Waals surface area contributed by atoms with Gasteiger partial charge >= 0.3 is 0 Å². The average molecular weight is 372 g/mol. The smallest absolute Gasteiger partial charge is 0.278 e. The summed E-state index contributed by atoms with van der Waals surface area (Å²) in [4.78, 5) is 21.9. The molecule has 0 radical (unpaired) electrons. The molecule has 26 heavy (non-hydrogen) atoms. The molecule has 0 bridgehead atoms. The molecule has 0 N–H and O–H groups in total. The molecule has 138 valence electrons. The first-order chi connectivity index (χ1) is 12.5. The molecule has 0 unspecified atom stereocenters. The van der Waals surface area contributed by atoms with E-state index in [0.29, 0.717) is 18.8 Å². The Labute approximate surface area is 158 Å². The average Bonchev–Trinajstić information content (AvgIpc) is 3.27. The van der Waals surface area contributed by atoms with Gasteiger partial charge in [-0.05, 0) is 45.1 Å². The molecule has 0 atom stereocenters. The van der Waals surface area contributed by atoms with E-state index in [-0.39, 0.29) is 5.91 Å². The van der Waals surface area contributed by atoms with Crippen molar-refractivity contribution in [2.24, 2.45) is 0 Å². The molecule has 0 aliphatic carbocycles. The van der Waals surface area contributed by atoms with Gasteiger partial charge in [-0.15, -0.1) is 0 Å². The topological polar surface area (TPSA) is 54.3 Å². The van der Waals surface area contributed by atoms with Crippen LogP contribution in [-0.4, -0.2) is 52.8 Å². The fourth-order valence-electron chi connectivity index (χ4n) is 2.88. The van der Waals surface area contributed by atoms with Crippen LogP contribution in [0.4, 0.5) is 5.13 Å². The van der Waals surface area contributed by atoms with Crippen LogP contribution in [0, 0.1) is 0 Å². The van der Waals surface area contributed by atoms with Crippen molar-refractivity contribution < 1.29 is 4.79 Å². The summed E-state index contributed by atoms with van der Waals surface area (Å²) in [5.41, 5.74) is 2.81. The third-order valence-corrected chi connectivity index (χ3v) is 5.40. The summed E-state index contributed by atoms with van der Waals surface area (Å²) in [6, 6.07) is 8.01. The molecule has 0 saturated carbocycles.